The highest BCUT2D eigenvalue weighted by atomic mass is 19.1. The van der Waals surface area contributed by atoms with Crippen LogP contribution in [-0.2, 0) is 6.42 Å². The van der Waals surface area contributed by atoms with Crippen molar-refractivity contribution < 1.29 is 9.18 Å². The van der Waals surface area contributed by atoms with E-state index >= 15 is 0 Å². The third-order valence-electron chi connectivity index (χ3n) is 4.42. The fourth-order valence-electron chi connectivity index (χ4n) is 3.36. The fraction of sp³-hybridized carbons (Fsp3) is 0.421. The van der Waals surface area contributed by atoms with Crippen molar-refractivity contribution >= 4 is 5.91 Å². The van der Waals surface area contributed by atoms with Crippen molar-refractivity contribution in [3.05, 3.63) is 63.6 Å². The number of halogens is 1. The molecule has 0 spiro atoms. The molecule has 0 unspecified atom stereocenters. The summed E-state index contributed by atoms with van der Waals surface area (Å²) in [5, 5.41) is 0. The van der Waals surface area contributed by atoms with Crippen LogP contribution in [0.25, 0.3) is 0 Å². The van der Waals surface area contributed by atoms with Gasteiger partial charge >= 0.3 is 5.69 Å². The number of hydrogen-bond donors (Lipinski definition) is 1. The van der Waals surface area contributed by atoms with Crippen LogP contribution in [0.1, 0.15) is 54.5 Å². The molecule has 0 bridgehead atoms. The van der Waals surface area contributed by atoms with Crippen molar-refractivity contribution in [2.24, 2.45) is 5.92 Å². The van der Waals surface area contributed by atoms with Crippen LogP contribution in [0, 0.1) is 11.7 Å². The van der Waals surface area contributed by atoms with E-state index in [1.54, 1.807) is 23.1 Å². The van der Waals surface area contributed by atoms with Crippen molar-refractivity contribution in [1.82, 2.24) is 14.9 Å². The second-order valence-electron chi connectivity index (χ2n) is 6.90. The lowest BCUT2D eigenvalue weighted by atomic mass is 10.0. The topological polar surface area (TPSA) is 66.1 Å². The van der Waals surface area contributed by atoms with Crippen molar-refractivity contribution in [2.45, 2.75) is 39.2 Å². The summed E-state index contributed by atoms with van der Waals surface area (Å²) in [6.07, 6.45) is 2.37. The molecule has 1 atom stereocenters. The van der Waals surface area contributed by atoms with Gasteiger partial charge in [-0.05, 0) is 48.9 Å². The first kappa shape index (κ1) is 17.3. The van der Waals surface area contributed by atoms with Crippen molar-refractivity contribution in [3.8, 4) is 0 Å². The molecule has 6 heteroatoms. The number of nitrogens with zero attached hydrogens (tertiary/aromatic N) is 2. The molecule has 1 fully saturated rings. The Morgan fingerprint density at radius 2 is 2.08 bits per heavy atom. The van der Waals surface area contributed by atoms with Gasteiger partial charge < -0.3 is 9.88 Å². The third kappa shape index (κ3) is 3.95. The summed E-state index contributed by atoms with van der Waals surface area (Å²) in [5.74, 6) is -0.183. The zero-order valence-corrected chi connectivity index (χ0v) is 14.5. The van der Waals surface area contributed by atoms with Crippen LogP contribution in [0.5, 0.6) is 0 Å². The molecule has 1 saturated heterocycles. The number of aromatic amines is 1. The molecule has 1 aliphatic rings. The molecule has 3 rings (SSSR count). The summed E-state index contributed by atoms with van der Waals surface area (Å²) >= 11 is 0. The number of hydrogen-bond acceptors (Lipinski definition) is 3. The van der Waals surface area contributed by atoms with Crippen LogP contribution in [0.4, 0.5) is 4.39 Å². The van der Waals surface area contributed by atoms with Gasteiger partial charge in [-0.1, -0.05) is 26.0 Å². The van der Waals surface area contributed by atoms with Crippen LogP contribution in [0.15, 0.2) is 35.1 Å². The minimum Gasteiger partial charge on any atom is -0.330 e. The van der Waals surface area contributed by atoms with Crippen LogP contribution in [-0.4, -0.2) is 27.3 Å². The van der Waals surface area contributed by atoms with E-state index in [2.05, 4.69) is 9.97 Å². The number of carbonyl (C=O) groups is 1. The van der Waals surface area contributed by atoms with E-state index in [-0.39, 0.29) is 23.5 Å². The first-order valence-electron chi connectivity index (χ1n) is 8.60. The number of aromatic nitrogens is 2. The predicted molar refractivity (Wildman–Crippen MR) is 92.8 cm³/mol. The van der Waals surface area contributed by atoms with Crippen LogP contribution in [0.3, 0.4) is 0 Å². The van der Waals surface area contributed by atoms with Crippen molar-refractivity contribution in [2.75, 3.05) is 6.54 Å². The minimum atomic E-state index is -0.501. The van der Waals surface area contributed by atoms with Gasteiger partial charge in [0.1, 0.15) is 11.5 Å². The van der Waals surface area contributed by atoms with E-state index in [9.17, 15) is 14.0 Å². The number of rotatable bonds is 4. The van der Waals surface area contributed by atoms with E-state index in [1.165, 1.54) is 12.1 Å². The van der Waals surface area contributed by atoms with Gasteiger partial charge in [0.05, 0.1) is 6.04 Å². The number of likely N-dealkylation sites (tertiary alicyclic amines) is 1. The number of carbonyl (C=O) groups excluding carboxylic acids is 1. The Hall–Kier alpha value is -2.50. The molecular formula is C19H22FN3O2. The summed E-state index contributed by atoms with van der Waals surface area (Å²) < 4.78 is 13.2. The zero-order chi connectivity index (χ0) is 18.0. The Morgan fingerprint density at radius 3 is 2.76 bits per heavy atom. The van der Waals surface area contributed by atoms with E-state index in [0.29, 0.717) is 18.9 Å². The minimum absolute atomic E-state index is 0.109. The molecule has 5 nitrogen and oxygen atoms in total. The second kappa shape index (κ2) is 7.17. The summed E-state index contributed by atoms with van der Waals surface area (Å²) in [4.78, 5) is 33.0. The van der Waals surface area contributed by atoms with Crippen LogP contribution in [0.2, 0.25) is 0 Å². The van der Waals surface area contributed by atoms with Gasteiger partial charge in [0.2, 0.25) is 0 Å². The zero-order valence-electron chi connectivity index (χ0n) is 14.5. The Balaban J connectivity index is 1.87. The van der Waals surface area contributed by atoms with Crippen molar-refractivity contribution in [1.29, 1.82) is 0 Å². The van der Waals surface area contributed by atoms with Crippen LogP contribution >= 0.6 is 0 Å². The number of H-pyrrole nitrogens is 1. The van der Waals surface area contributed by atoms with E-state index in [4.69, 9.17) is 0 Å². The Labute approximate surface area is 145 Å². The largest absolute Gasteiger partial charge is 0.345 e. The first-order chi connectivity index (χ1) is 11.9. The molecule has 2 aromatic rings. The maximum atomic E-state index is 13.2. The quantitative estimate of drug-likeness (QED) is 0.928. The summed E-state index contributed by atoms with van der Waals surface area (Å²) in [7, 11) is 0. The standard InChI is InChI=1S/C19H22FN3O2/c1-12(2)10-15-11-16(22-19(25)21-15)18(24)23-9-3-4-17(23)13-5-7-14(20)8-6-13/h5-8,11-12,17H,3-4,9-10H2,1-2H3,(H,21,22,25)/t17-/m0/s1. The van der Waals surface area contributed by atoms with Gasteiger partial charge in [-0.15, -0.1) is 0 Å². The van der Waals surface area contributed by atoms with Gasteiger partial charge in [0.15, 0.2) is 0 Å². The lowest BCUT2D eigenvalue weighted by molar-refractivity contribution is 0.0729. The molecule has 1 aliphatic heterocycles. The average Bonchev–Trinajstić information content (AvgIpc) is 3.03. The molecule has 1 N–H and O–H groups in total. The smallest absolute Gasteiger partial charge is 0.330 e. The molecule has 1 amide bonds. The lowest BCUT2D eigenvalue weighted by Gasteiger charge is -2.25. The Bertz CT molecular complexity index is 814. The van der Waals surface area contributed by atoms with Crippen LogP contribution < -0.4 is 5.69 Å². The maximum absolute atomic E-state index is 13.2. The SMILES string of the molecule is CC(C)Cc1cc(C(=O)N2CCC[C@H]2c2ccc(F)cc2)nc(=O)[nH]1. The molecule has 132 valence electrons. The summed E-state index contributed by atoms with van der Waals surface area (Å²) in [5.41, 5.74) is 1.29. The monoisotopic (exact) mass is 343 g/mol. The molecule has 0 saturated carbocycles. The maximum Gasteiger partial charge on any atom is 0.345 e. The van der Waals surface area contributed by atoms with E-state index in [1.807, 2.05) is 13.8 Å². The van der Waals surface area contributed by atoms with E-state index < -0.39 is 5.69 Å². The van der Waals surface area contributed by atoms with Gasteiger partial charge in [-0.25, -0.2) is 9.18 Å². The molecule has 1 aromatic carbocycles. The highest BCUT2D eigenvalue weighted by Crippen LogP contribution is 2.32. The molecular weight excluding hydrogens is 321 g/mol. The highest BCUT2D eigenvalue weighted by molar-refractivity contribution is 5.92. The highest BCUT2D eigenvalue weighted by Gasteiger charge is 2.31. The number of amides is 1. The third-order valence-corrected chi connectivity index (χ3v) is 4.42. The summed E-state index contributed by atoms with van der Waals surface area (Å²) in [6.45, 7) is 4.70. The van der Waals surface area contributed by atoms with Gasteiger partial charge in [0.25, 0.3) is 5.91 Å². The molecule has 25 heavy (non-hydrogen) atoms. The van der Waals surface area contributed by atoms with E-state index in [0.717, 1.165) is 24.1 Å². The number of benzene rings is 1. The molecule has 0 radical (unpaired) electrons. The lowest BCUT2D eigenvalue weighted by Crippen LogP contribution is -2.33. The first-order valence-corrected chi connectivity index (χ1v) is 8.60. The Kier molecular flexibility index (Phi) is 4.97. The average molecular weight is 343 g/mol. The summed E-state index contributed by atoms with van der Waals surface area (Å²) in [6, 6.07) is 7.79. The molecule has 2 heterocycles. The van der Waals surface area contributed by atoms with Crippen molar-refractivity contribution in [3.63, 3.8) is 0 Å². The number of nitrogens with one attached hydrogen (secondary N) is 1. The predicted octanol–water partition coefficient (Wildman–Crippen LogP) is 3.08. The van der Waals surface area contributed by atoms with Gasteiger partial charge in [-0.3, -0.25) is 4.79 Å². The fourth-order valence-corrected chi connectivity index (χ4v) is 3.36. The molecule has 1 aromatic heterocycles. The Morgan fingerprint density at radius 1 is 1.36 bits per heavy atom. The normalized spacial score (nSPS) is 17.3. The molecule has 0 aliphatic carbocycles. The van der Waals surface area contributed by atoms with Gasteiger partial charge in [-0.2, -0.15) is 4.98 Å². The second-order valence-corrected chi connectivity index (χ2v) is 6.90. The van der Waals surface area contributed by atoms with Gasteiger partial charge in [0, 0.05) is 12.2 Å².